The quantitative estimate of drug-likeness (QED) is 0.613. The van der Waals surface area contributed by atoms with Gasteiger partial charge in [-0.2, -0.15) is 0 Å². The van der Waals surface area contributed by atoms with Gasteiger partial charge in [0.25, 0.3) is 0 Å². The topological polar surface area (TPSA) is 58.2 Å². The second kappa shape index (κ2) is 8.70. The molecule has 18 heavy (non-hydrogen) atoms. The third-order valence-corrected chi connectivity index (χ3v) is 3.38. The van der Waals surface area contributed by atoms with Crippen molar-refractivity contribution in [3.63, 3.8) is 0 Å². The van der Waals surface area contributed by atoms with E-state index in [4.69, 9.17) is 0 Å². The SMILES string of the molecule is CC1C(NC=O)CC(C)(C)CC1NC=O.[CH3][Ti][CH3]. The van der Waals surface area contributed by atoms with E-state index in [1.54, 1.807) is 0 Å². The maximum absolute atomic E-state index is 10.5. The molecule has 2 unspecified atom stereocenters. The van der Waals surface area contributed by atoms with Gasteiger partial charge in [-0.25, -0.2) is 0 Å². The van der Waals surface area contributed by atoms with Gasteiger partial charge in [-0.3, -0.25) is 9.59 Å². The van der Waals surface area contributed by atoms with E-state index in [2.05, 4.69) is 41.9 Å². The number of rotatable bonds is 4. The van der Waals surface area contributed by atoms with Crippen molar-refractivity contribution in [2.75, 3.05) is 0 Å². The number of amides is 2. The Morgan fingerprint density at radius 2 is 1.39 bits per heavy atom. The van der Waals surface area contributed by atoms with E-state index in [0.29, 0.717) is 19.2 Å². The van der Waals surface area contributed by atoms with Crippen LogP contribution >= 0.6 is 0 Å². The summed E-state index contributed by atoms with van der Waals surface area (Å²) in [6.07, 6.45) is 3.43. The van der Waals surface area contributed by atoms with Gasteiger partial charge in [0, 0.05) is 12.1 Å². The summed E-state index contributed by atoms with van der Waals surface area (Å²) in [5.74, 6) is 0.286. The molecule has 2 atom stereocenters. The Kier molecular flexibility index (Phi) is 8.54. The molecule has 0 aromatic heterocycles. The van der Waals surface area contributed by atoms with Gasteiger partial charge >= 0.3 is 29.6 Å². The first kappa shape index (κ1) is 17.7. The first-order valence-corrected chi connectivity index (χ1v) is 9.52. The van der Waals surface area contributed by atoms with E-state index >= 15 is 0 Å². The summed E-state index contributed by atoms with van der Waals surface area (Å²) < 4.78 is 0. The summed E-state index contributed by atoms with van der Waals surface area (Å²) >= 11 is 0.500. The van der Waals surface area contributed by atoms with Crippen LogP contribution in [0.15, 0.2) is 0 Å². The zero-order valence-electron chi connectivity index (χ0n) is 12.1. The van der Waals surface area contributed by atoms with Crippen molar-refractivity contribution in [3.05, 3.63) is 0 Å². The second-order valence-corrected chi connectivity index (χ2v) is 7.28. The van der Waals surface area contributed by atoms with E-state index < -0.39 is 0 Å². The molecule has 2 amide bonds. The number of carbonyl (C=O) groups is 2. The van der Waals surface area contributed by atoms with Crippen LogP contribution in [0.3, 0.4) is 0 Å². The molecule has 1 rings (SSSR count). The van der Waals surface area contributed by atoms with Crippen LogP contribution in [0.5, 0.6) is 0 Å². The summed E-state index contributed by atoms with van der Waals surface area (Å²) in [5, 5.41) is 10.2. The Hall–Kier alpha value is -0.346. The van der Waals surface area contributed by atoms with Crippen molar-refractivity contribution in [1.82, 2.24) is 10.6 Å². The van der Waals surface area contributed by atoms with Gasteiger partial charge in [0.15, 0.2) is 0 Å². The van der Waals surface area contributed by atoms with Crippen molar-refractivity contribution in [1.29, 1.82) is 0 Å². The zero-order valence-corrected chi connectivity index (χ0v) is 13.7. The molecule has 1 fully saturated rings. The van der Waals surface area contributed by atoms with Crippen molar-refractivity contribution < 1.29 is 28.7 Å². The van der Waals surface area contributed by atoms with Crippen LogP contribution in [-0.4, -0.2) is 24.9 Å². The van der Waals surface area contributed by atoms with Crippen molar-refractivity contribution in [3.8, 4) is 0 Å². The Morgan fingerprint density at radius 3 is 1.67 bits per heavy atom. The zero-order chi connectivity index (χ0) is 14.2. The summed E-state index contributed by atoms with van der Waals surface area (Å²) in [5.41, 5.74) is 0.161. The van der Waals surface area contributed by atoms with E-state index in [1.807, 2.05) is 0 Å². The molecular weight excluding hydrogens is 264 g/mol. The van der Waals surface area contributed by atoms with Crippen molar-refractivity contribution >= 4 is 12.8 Å². The van der Waals surface area contributed by atoms with Gasteiger partial charge in [0.2, 0.25) is 12.8 Å². The summed E-state index contributed by atoms with van der Waals surface area (Å²) in [4.78, 5) is 21.0. The molecule has 0 aliphatic heterocycles. The molecule has 0 heterocycles. The molecule has 1 saturated carbocycles. The van der Waals surface area contributed by atoms with Crippen molar-refractivity contribution in [2.24, 2.45) is 11.3 Å². The summed E-state index contributed by atoms with van der Waals surface area (Å²) in [6.45, 7) is 6.40. The van der Waals surface area contributed by atoms with Crippen LogP contribution in [0.4, 0.5) is 0 Å². The second-order valence-electron chi connectivity index (χ2n) is 5.71. The van der Waals surface area contributed by atoms with E-state index in [9.17, 15) is 9.59 Å². The van der Waals surface area contributed by atoms with Crippen LogP contribution in [0, 0.1) is 11.3 Å². The third kappa shape index (κ3) is 6.01. The molecule has 0 aromatic carbocycles. The normalized spacial score (nSPS) is 29.3. The Morgan fingerprint density at radius 1 is 1.06 bits per heavy atom. The average Bonchev–Trinajstić information content (AvgIpc) is 2.26. The minimum atomic E-state index is 0.156. The Balaban J connectivity index is 0.000000873. The third-order valence-electron chi connectivity index (χ3n) is 3.38. The predicted octanol–water partition coefficient (Wildman–Crippen LogP) is 1.84. The standard InChI is InChI=1S/C11H20N2O2.2CH3.Ti/c1-8-9(12-6-14)4-11(2,3)5-10(8)13-7-15;;;/h6-10H,4-5H2,1-3H3,(H,12,14)(H,13,15);2*1H3;. The van der Waals surface area contributed by atoms with Gasteiger partial charge in [-0.15, -0.1) is 0 Å². The van der Waals surface area contributed by atoms with Crippen LogP contribution in [0.1, 0.15) is 33.6 Å². The number of hydrogen-bond donors (Lipinski definition) is 2. The number of carbonyl (C=O) groups excluding carboxylic acids is 2. The van der Waals surface area contributed by atoms with Gasteiger partial charge in [-0.1, -0.05) is 20.8 Å². The molecule has 1 aliphatic rings. The van der Waals surface area contributed by atoms with Crippen molar-refractivity contribution in [2.45, 2.75) is 56.2 Å². The van der Waals surface area contributed by atoms with Crippen LogP contribution in [0.25, 0.3) is 0 Å². The molecule has 5 heteroatoms. The predicted molar refractivity (Wildman–Crippen MR) is 69.9 cm³/mol. The maximum atomic E-state index is 10.5. The molecule has 0 spiro atoms. The summed E-state index contributed by atoms with van der Waals surface area (Å²) in [6, 6.07) is 0.312. The molecule has 0 radical (unpaired) electrons. The molecule has 4 nitrogen and oxygen atoms in total. The Bertz CT molecular complexity index is 237. The molecule has 1 aliphatic carbocycles. The van der Waals surface area contributed by atoms with Gasteiger partial charge in [0.05, 0.1) is 0 Å². The average molecular weight is 290 g/mol. The number of hydrogen-bond acceptors (Lipinski definition) is 2. The molecule has 104 valence electrons. The summed E-state index contributed by atoms with van der Waals surface area (Å²) in [7, 11) is 0. The molecular formula is C13H26N2O2Ti. The van der Waals surface area contributed by atoms with E-state index in [1.165, 1.54) is 0 Å². The molecule has 0 bridgehead atoms. The van der Waals surface area contributed by atoms with Crippen LogP contribution in [-0.2, 0) is 28.7 Å². The fourth-order valence-corrected chi connectivity index (χ4v) is 2.52. The number of nitrogens with one attached hydrogen (secondary N) is 2. The molecule has 0 saturated heterocycles. The van der Waals surface area contributed by atoms with E-state index in [0.717, 1.165) is 25.7 Å². The fourth-order valence-electron chi connectivity index (χ4n) is 2.52. The first-order valence-electron chi connectivity index (χ1n) is 6.39. The fraction of sp³-hybridized carbons (Fsp3) is 0.846. The van der Waals surface area contributed by atoms with Crippen LogP contribution < -0.4 is 10.6 Å². The Labute approximate surface area is 120 Å². The monoisotopic (exact) mass is 290 g/mol. The van der Waals surface area contributed by atoms with E-state index in [-0.39, 0.29) is 23.4 Å². The van der Waals surface area contributed by atoms with Gasteiger partial charge < -0.3 is 10.6 Å². The van der Waals surface area contributed by atoms with Crippen LogP contribution in [0.2, 0.25) is 10.5 Å². The van der Waals surface area contributed by atoms with Gasteiger partial charge in [0.1, 0.15) is 0 Å². The first-order chi connectivity index (χ1) is 8.41. The molecule has 0 aromatic rings. The molecule has 2 N–H and O–H groups in total. The minimum absolute atomic E-state index is 0.156. The van der Waals surface area contributed by atoms with Gasteiger partial charge in [-0.05, 0) is 24.2 Å².